The molecule has 0 fully saturated rings. The molecule has 0 saturated heterocycles. The number of pyridine rings is 1. The fourth-order valence-electron chi connectivity index (χ4n) is 3.79. The van der Waals surface area contributed by atoms with E-state index in [1.165, 1.54) is 12.1 Å². The van der Waals surface area contributed by atoms with E-state index in [0.717, 1.165) is 39.0 Å². The van der Waals surface area contributed by atoms with Crippen LogP contribution in [0.25, 0.3) is 22.0 Å². The third-order valence-corrected chi connectivity index (χ3v) is 5.66. The molecule has 0 saturated carbocycles. The van der Waals surface area contributed by atoms with E-state index < -0.39 is 5.97 Å². The summed E-state index contributed by atoms with van der Waals surface area (Å²) in [6.45, 7) is 0.796. The predicted molar refractivity (Wildman–Crippen MR) is 136 cm³/mol. The van der Waals surface area contributed by atoms with Crippen molar-refractivity contribution in [1.29, 1.82) is 0 Å². The second-order valence-electron chi connectivity index (χ2n) is 8.13. The topological polar surface area (TPSA) is 68.7 Å². The minimum Gasteiger partial charge on any atom is -0.489 e. The number of rotatable bonds is 8. The van der Waals surface area contributed by atoms with Crippen molar-refractivity contribution in [3.8, 4) is 22.6 Å². The third kappa shape index (κ3) is 5.47. The van der Waals surface area contributed by atoms with Crippen LogP contribution in [0.3, 0.4) is 0 Å². The molecule has 0 radical (unpaired) electrons. The van der Waals surface area contributed by atoms with Gasteiger partial charge in [-0.05, 0) is 71.3 Å². The molecule has 5 aromatic rings. The molecule has 5 nitrogen and oxygen atoms in total. The first-order valence-electron chi connectivity index (χ1n) is 11.3. The predicted octanol–water partition coefficient (Wildman–Crippen LogP) is 6.76. The van der Waals surface area contributed by atoms with E-state index in [4.69, 9.17) is 14.6 Å². The van der Waals surface area contributed by atoms with Crippen molar-refractivity contribution in [2.75, 3.05) is 0 Å². The van der Waals surface area contributed by atoms with Crippen molar-refractivity contribution in [3.05, 3.63) is 126 Å². The van der Waals surface area contributed by atoms with Crippen LogP contribution in [-0.2, 0) is 13.2 Å². The number of carboxylic acid groups (broad SMARTS) is 1. The zero-order valence-corrected chi connectivity index (χ0v) is 18.9. The van der Waals surface area contributed by atoms with Gasteiger partial charge < -0.3 is 14.6 Å². The van der Waals surface area contributed by atoms with Crippen LogP contribution < -0.4 is 9.47 Å². The Morgan fingerprint density at radius 2 is 1.40 bits per heavy atom. The van der Waals surface area contributed by atoms with Crippen molar-refractivity contribution in [2.24, 2.45) is 0 Å². The van der Waals surface area contributed by atoms with Gasteiger partial charge in [-0.1, -0.05) is 54.6 Å². The Morgan fingerprint density at radius 1 is 0.686 bits per heavy atom. The monoisotopic (exact) mass is 461 g/mol. The molecule has 0 amide bonds. The van der Waals surface area contributed by atoms with E-state index in [-0.39, 0.29) is 5.56 Å². The Labute approximate surface area is 203 Å². The lowest BCUT2D eigenvalue weighted by Crippen LogP contribution is -1.98. The summed E-state index contributed by atoms with van der Waals surface area (Å²) in [5.41, 5.74) is 5.26. The lowest BCUT2D eigenvalue weighted by atomic mass is 10.0. The highest BCUT2D eigenvalue weighted by Gasteiger charge is 2.05. The number of hydrogen-bond acceptors (Lipinski definition) is 4. The molecule has 172 valence electrons. The zero-order valence-electron chi connectivity index (χ0n) is 18.9. The number of carboxylic acids is 1. The van der Waals surface area contributed by atoms with Crippen molar-refractivity contribution in [1.82, 2.24) is 4.98 Å². The van der Waals surface area contributed by atoms with Gasteiger partial charge in [-0.3, -0.25) is 0 Å². The van der Waals surface area contributed by atoms with Crippen LogP contribution in [0.2, 0.25) is 0 Å². The number of aromatic carboxylic acids is 1. The number of fused-ring (bicyclic) bond motifs is 1. The minimum atomic E-state index is -0.953. The summed E-state index contributed by atoms with van der Waals surface area (Å²) in [4.78, 5) is 15.6. The minimum absolute atomic E-state index is 0.236. The average molecular weight is 462 g/mol. The molecule has 5 rings (SSSR count). The van der Waals surface area contributed by atoms with Gasteiger partial charge in [0.05, 0.1) is 16.8 Å². The highest BCUT2D eigenvalue weighted by atomic mass is 16.5. The molecule has 0 bridgehead atoms. The molecule has 0 aliphatic rings. The van der Waals surface area contributed by atoms with E-state index in [1.807, 2.05) is 66.7 Å². The smallest absolute Gasteiger partial charge is 0.335 e. The molecule has 0 unspecified atom stereocenters. The lowest BCUT2D eigenvalue weighted by molar-refractivity contribution is 0.0697. The van der Waals surface area contributed by atoms with Gasteiger partial charge in [-0.25, -0.2) is 9.78 Å². The van der Waals surface area contributed by atoms with Crippen LogP contribution in [0.1, 0.15) is 21.6 Å². The molecule has 5 heteroatoms. The van der Waals surface area contributed by atoms with Crippen LogP contribution in [-0.4, -0.2) is 16.1 Å². The molecular weight excluding hydrogens is 438 g/mol. The summed E-state index contributed by atoms with van der Waals surface area (Å²) < 4.78 is 11.8. The van der Waals surface area contributed by atoms with Crippen LogP contribution in [0.4, 0.5) is 0 Å². The third-order valence-electron chi connectivity index (χ3n) is 5.66. The Hall–Kier alpha value is -4.64. The Morgan fingerprint density at radius 3 is 2.17 bits per heavy atom. The number of nitrogens with zero attached hydrogens (tertiary/aromatic N) is 1. The number of para-hydroxylation sites is 1. The van der Waals surface area contributed by atoms with Gasteiger partial charge in [0.15, 0.2) is 0 Å². The van der Waals surface area contributed by atoms with Crippen molar-refractivity contribution in [2.45, 2.75) is 13.2 Å². The average Bonchev–Trinajstić information content (AvgIpc) is 2.91. The molecule has 0 spiro atoms. The van der Waals surface area contributed by atoms with E-state index in [9.17, 15) is 4.79 Å². The SMILES string of the molecule is O=C(O)c1ccc(OCc2cccc(-c3ccc(OCc4ccc5ccccc5n4)cc3)c2)cc1. The van der Waals surface area contributed by atoms with E-state index in [2.05, 4.69) is 23.2 Å². The first kappa shape index (κ1) is 22.2. The Bertz CT molecular complexity index is 1460. The highest BCUT2D eigenvalue weighted by molar-refractivity contribution is 5.87. The molecule has 1 heterocycles. The summed E-state index contributed by atoms with van der Waals surface area (Å²) in [5, 5.41) is 10.1. The molecule has 1 N–H and O–H groups in total. The Balaban J connectivity index is 1.20. The lowest BCUT2D eigenvalue weighted by Gasteiger charge is -2.10. The summed E-state index contributed by atoms with van der Waals surface area (Å²) in [6.07, 6.45) is 0. The molecule has 4 aromatic carbocycles. The van der Waals surface area contributed by atoms with Crippen LogP contribution in [0, 0.1) is 0 Å². The van der Waals surface area contributed by atoms with E-state index in [0.29, 0.717) is 19.0 Å². The van der Waals surface area contributed by atoms with Gasteiger partial charge >= 0.3 is 5.97 Å². The van der Waals surface area contributed by atoms with Crippen molar-refractivity contribution >= 4 is 16.9 Å². The quantitative estimate of drug-likeness (QED) is 0.277. The zero-order chi connectivity index (χ0) is 24.0. The number of ether oxygens (including phenoxy) is 2. The summed E-state index contributed by atoms with van der Waals surface area (Å²) in [6, 6.07) is 34.6. The standard InChI is InChI=1S/C30H23NO4/c32-30(33)24-11-16-27(17-12-24)34-19-21-4-3-6-25(18-21)22-9-14-28(15-10-22)35-20-26-13-8-23-5-1-2-7-29(23)31-26/h1-18H,19-20H2,(H,32,33). The fourth-order valence-corrected chi connectivity index (χ4v) is 3.79. The number of aromatic nitrogens is 1. The molecule has 0 atom stereocenters. The molecule has 0 aliphatic carbocycles. The molecule has 35 heavy (non-hydrogen) atoms. The van der Waals surface area contributed by atoms with Crippen LogP contribution in [0.15, 0.2) is 109 Å². The van der Waals surface area contributed by atoms with Crippen LogP contribution in [0.5, 0.6) is 11.5 Å². The van der Waals surface area contributed by atoms with E-state index in [1.54, 1.807) is 12.1 Å². The maximum absolute atomic E-state index is 11.0. The largest absolute Gasteiger partial charge is 0.489 e. The summed E-state index contributed by atoms with van der Waals surface area (Å²) >= 11 is 0. The second kappa shape index (κ2) is 10.1. The number of benzene rings is 4. The number of hydrogen-bond donors (Lipinski definition) is 1. The first-order valence-corrected chi connectivity index (χ1v) is 11.3. The molecule has 0 aliphatic heterocycles. The Kier molecular flexibility index (Phi) is 6.39. The first-order chi connectivity index (χ1) is 17.1. The van der Waals surface area contributed by atoms with Crippen LogP contribution >= 0.6 is 0 Å². The number of carbonyl (C=O) groups is 1. The van der Waals surface area contributed by atoms with Gasteiger partial charge in [0.25, 0.3) is 0 Å². The van der Waals surface area contributed by atoms with Gasteiger partial charge in [0, 0.05) is 5.39 Å². The van der Waals surface area contributed by atoms with Crippen molar-refractivity contribution in [3.63, 3.8) is 0 Å². The van der Waals surface area contributed by atoms with E-state index >= 15 is 0 Å². The normalized spacial score (nSPS) is 10.7. The van der Waals surface area contributed by atoms with Gasteiger partial charge in [0.1, 0.15) is 24.7 Å². The fraction of sp³-hybridized carbons (Fsp3) is 0.0667. The second-order valence-corrected chi connectivity index (χ2v) is 8.13. The summed E-state index contributed by atoms with van der Waals surface area (Å²) in [5.74, 6) is 0.460. The maximum Gasteiger partial charge on any atom is 0.335 e. The maximum atomic E-state index is 11.0. The van der Waals surface area contributed by atoms with Gasteiger partial charge in [0.2, 0.25) is 0 Å². The van der Waals surface area contributed by atoms with Crippen molar-refractivity contribution < 1.29 is 19.4 Å². The molecule has 1 aromatic heterocycles. The highest BCUT2D eigenvalue weighted by Crippen LogP contribution is 2.25. The summed E-state index contributed by atoms with van der Waals surface area (Å²) in [7, 11) is 0. The van der Waals surface area contributed by atoms with Gasteiger partial charge in [-0.2, -0.15) is 0 Å². The van der Waals surface area contributed by atoms with Gasteiger partial charge in [-0.15, -0.1) is 0 Å². The molecular formula is C30H23NO4.